The fourth-order valence-corrected chi connectivity index (χ4v) is 1.12. The van der Waals surface area contributed by atoms with Crippen LogP contribution in [0.3, 0.4) is 0 Å². The summed E-state index contributed by atoms with van der Waals surface area (Å²) in [6, 6.07) is 0. The number of amidine groups is 1. The Morgan fingerprint density at radius 1 is 1.36 bits per heavy atom. The van der Waals surface area contributed by atoms with E-state index in [0.717, 1.165) is 0 Å². The lowest BCUT2D eigenvalue weighted by Crippen LogP contribution is -2.36. The molecule has 3 N–H and O–H groups in total. The topological polar surface area (TPSA) is 53.1 Å². The molecule has 0 bridgehead atoms. The molecular weight excluding hydrogens is 195 g/mol. The lowest BCUT2D eigenvalue weighted by molar-refractivity contribution is -0.145. The first-order valence-electron chi connectivity index (χ1n) is 4.47. The molecule has 3 nitrogen and oxygen atoms in total. The molecule has 0 aromatic carbocycles. The number of hydrogen-bond acceptors (Lipinski definition) is 2. The standard InChI is InChI=1S/C8H16F3N3/c1-2-4-14(5-3-7(12)13)6-8(9,10)11/h2-6H2,1H3,(H3,12,13). The van der Waals surface area contributed by atoms with Crippen molar-refractivity contribution >= 4 is 5.84 Å². The van der Waals surface area contributed by atoms with Gasteiger partial charge >= 0.3 is 6.18 Å². The van der Waals surface area contributed by atoms with E-state index in [9.17, 15) is 13.2 Å². The van der Waals surface area contributed by atoms with Crippen molar-refractivity contribution in [1.82, 2.24) is 4.90 Å². The second-order valence-corrected chi connectivity index (χ2v) is 3.17. The smallest absolute Gasteiger partial charge is 0.388 e. The third-order valence-electron chi connectivity index (χ3n) is 1.64. The van der Waals surface area contributed by atoms with E-state index in [1.54, 1.807) is 0 Å². The molecule has 0 aliphatic rings. The molecule has 0 aromatic heterocycles. The lowest BCUT2D eigenvalue weighted by atomic mass is 10.3. The Morgan fingerprint density at radius 2 is 1.93 bits per heavy atom. The monoisotopic (exact) mass is 211 g/mol. The van der Waals surface area contributed by atoms with Crippen molar-refractivity contribution in [2.75, 3.05) is 19.6 Å². The van der Waals surface area contributed by atoms with Crippen LogP contribution in [0, 0.1) is 5.41 Å². The van der Waals surface area contributed by atoms with Crippen LogP contribution in [-0.2, 0) is 0 Å². The maximum absolute atomic E-state index is 12.0. The van der Waals surface area contributed by atoms with Gasteiger partial charge in [-0.25, -0.2) is 0 Å². The molecule has 0 fully saturated rings. The molecule has 0 unspecified atom stereocenters. The number of nitrogens with two attached hydrogens (primary N) is 1. The van der Waals surface area contributed by atoms with Gasteiger partial charge in [0.1, 0.15) is 0 Å². The summed E-state index contributed by atoms with van der Waals surface area (Å²) in [5.41, 5.74) is 5.08. The number of nitrogens with zero attached hydrogens (tertiary/aromatic N) is 1. The average Bonchev–Trinajstić information content (AvgIpc) is 1.98. The van der Waals surface area contributed by atoms with E-state index < -0.39 is 12.7 Å². The zero-order valence-corrected chi connectivity index (χ0v) is 8.19. The fraction of sp³-hybridized carbons (Fsp3) is 0.875. The second-order valence-electron chi connectivity index (χ2n) is 3.17. The zero-order valence-electron chi connectivity index (χ0n) is 8.19. The van der Waals surface area contributed by atoms with Gasteiger partial charge in [-0.15, -0.1) is 0 Å². The van der Waals surface area contributed by atoms with Crippen molar-refractivity contribution in [1.29, 1.82) is 5.41 Å². The van der Waals surface area contributed by atoms with Crippen molar-refractivity contribution < 1.29 is 13.2 Å². The van der Waals surface area contributed by atoms with Gasteiger partial charge in [-0.3, -0.25) is 10.3 Å². The van der Waals surface area contributed by atoms with Gasteiger partial charge in [-0.2, -0.15) is 13.2 Å². The van der Waals surface area contributed by atoms with Gasteiger partial charge in [0.25, 0.3) is 0 Å². The van der Waals surface area contributed by atoms with E-state index >= 15 is 0 Å². The summed E-state index contributed by atoms with van der Waals surface area (Å²) in [5, 5.41) is 6.92. The largest absolute Gasteiger partial charge is 0.401 e. The van der Waals surface area contributed by atoms with E-state index in [1.165, 1.54) is 4.90 Å². The lowest BCUT2D eigenvalue weighted by Gasteiger charge is -2.22. The normalized spacial score (nSPS) is 12.1. The molecule has 0 saturated carbocycles. The molecule has 0 aromatic rings. The van der Waals surface area contributed by atoms with Crippen LogP contribution in [0.2, 0.25) is 0 Å². The van der Waals surface area contributed by atoms with Crippen molar-refractivity contribution in [3.8, 4) is 0 Å². The Kier molecular flexibility index (Phi) is 5.52. The van der Waals surface area contributed by atoms with Gasteiger partial charge in [0, 0.05) is 13.0 Å². The zero-order chi connectivity index (χ0) is 11.2. The quantitative estimate of drug-likeness (QED) is 0.517. The Bertz CT molecular complexity index is 179. The Balaban J connectivity index is 3.95. The third-order valence-corrected chi connectivity index (χ3v) is 1.64. The highest BCUT2D eigenvalue weighted by Crippen LogP contribution is 2.16. The molecule has 14 heavy (non-hydrogen) atoms. The van der Waals surface area contributed by atoms with Crippen LogP contribution in [0.1, 0.15) is 19.8 Å². The highest BCUT2D eigenvalue weighted by molar-refractivity contribution is 5.76. The minimum absolute atomic E-state index is 0.0757. The van der Waals surface area contributed by atoms with Gasteiger partial charge in [-0.1, -0.05) is 6.92 Å². The van der Waals surface area contributed by atoms with Crippen molar-refractivity contribution in [2.24, 2.45) is 5.73 Å². The van der Waals surface area contributed by atoms with E-state index in [0.29, 0.717) is 13.0 Å². The van der Waals surface area contributed by atoms with Gasteiger partial charge in [0.05, 0.1) is 12.4 Å². The summed E-state index contributed by atoms with van der Waals surface area (Å²) in [6.45, 7) is 1.47. The summed E-state index contributed by atoms with van der Waals surface area (Å²) in [5.74, 6) is -0.0757. The predicted octanol–water partition coefficient (Wildman–Crippen LogP) is 1.59. The first-order chi connectivity index (χ1) is 6.35. The van der Waals surface area contributed by atoms with Crippen LogP contribution in [0.15, 0.2) is 0 Å². The van der Waals surface area contributed by atoms with Gasteiger partial charge < -0.3 is 5.73 Å². The summed E-state index contributed by atoms with van der Waals surface area (Å²) in [4.78, 5) is 1.27. The minimum Gasteiger partial charge on any atom is -0.388 e. The molecule has 0 amide bonds. The molecule has 0 aliphatic carbocycles. The van der Waals surface area contributed by atoms with Crippen molar-refractivity contribution in [3.63, 3.8) is 0 Å². The number of rotatable bonds is 6. The molecule has 0 radical (unpaired) electrons. The highest BCUT2D eigenvalue weighted by Gasteiger charge is 2.30. The molecule has 0 heterocycles. The molecular formula is C8H16F3N3. The van der Waals surface area contributed by atoms with Gasteiger partial charge in [0.15, 0.2) is 0 Å². The highest BCUT2D eigenvalue weighted by atomic mass is 19.4. The molecule has 0 aliphatic heterocycles. The molecule has 6 heteroatoms. The van der Waals surface area contributed by atoms with Crippen molar-refractivity contribution in [3.05, 3.63) is 0 Å². The van der Waals surface area contributed by atoms with E-state index in [4.69, 9.17) is 11.1 Å². The molecule has 84 valence electrons. The maximum atomic E-state index is 12.0. The fourth-order valence-electron chi connectivity index (χ4n) is 1.12. The van der Waals surface area contributed by atoms with Gasteiger partial charge in [-0.05, 0) is 13.0 Å². The number of halogens is 3. The van der Waals surface area contributed by atoms with Crippen LogP contribution in [-0.4, -0.2) is 36.5 Å². The van der Waals surface area contributed by atoms with Crippen LogP contribution in [0.25, 0.3) is 0 Å². The molecule has 0 spiro atoms. The Morgan fingerprint density at radius 3 is 2.29 bits per heavy atom. The summed E-state index contributed by atoms with van der Waals surface area (Å²) in [7, 11) is 0. The number of alkyl halides is 3. The third kappa shape index (κ3) is 7.85. The van der Waals surface area contributed by atoms with E-state index in [-0.39, 0.29) is 18.8 Å². The average molecular weight is 211 g/mol. The molecule has 0 saturated heterocycles. The minimum atomic E-state index is -4.17. The van der Waals surface area contributed by atoms with E-state index in [2.05, 4.69) is 0 Å². The summed E-state index contributed by atoms with van der Waals surface area (Å²) >= 11 is 0. The van der Waals surface area contributed by atoms with Gasteiger partial charge in [0.2, 0.25) is 0 Å². The number of nitrogens with one attached hydrogen (secondary N) is 1. The summed E-state index contributed by atoms with van der Waals surface area (Å²) in [6.07, 6.45) is -3.32. The SMILES string of the molecule is CCCN(CCC(=N)N)CC(F)(F)F. The van der Waals surface area contributed by atoms with Crippen LogP contribution >= 0.6 is 0 Å². The molecule has 0 atom stereocenters. The Hall–Kier alpha value is -0.780. The van der Waals surface area contributed by atoms with Crippen LogP contribution in [0.5, 0.6) is 0 Å². The molecule has 0 rings (SSSR count). The van der Waals surface area contributed by atoms with Crippen molar-refractivity contribution in [2.45, 2.75) is 25.9 Å². The summed E-state index contributed by atoms with van der Waals surface area (Å²) < 4.78 is 36.1. The number of hydrogen-bond donors (Lipinski definition) is 2. The maximum Gasteiger partial charge on any atom is 0.401 e. The first-order valence-corrected chi connectivity index (χ1v) is 4.47. The van der Waals surface area contributed by atoms with Crippen LogP contribution in [0.4, 0.5) is 13.2 Å². The Labute approximate surface area is 81.6 Å². The van der Waals surface area contributed by atoms with E-state index in [1.807, 2.05) is 6.92 Å². The second kappa shape index (κ2) is 5.85. The predicted molar refractivity (Wildman–Crippen MR) is 49.3 cm³/mol. The first kappa shape index (κ1) is 13.2. The van der Waals surface area contributed by atoms with Crippen LogP contribution < -0.4 is 5.73 Å².